The van der Waals surface area contributed by atoms with Crippen molar-refractivity contribution in [2.45, 2.75) is 136 Å². The molecule has 27 heavy (non-hydrogen) atoms. The molecule has 2 unspecified atom stereocenters. The zero-order valence-electron chi connectivity index (χ0n) is 18.9. The molecule has 0 amide bonds. The third-order valence-electron chi connectivity index (χ3n) is 5.37. The molecule has 0 saturated heterocycles. The Bertz CT molecular complexity index is 272. The van der Waals surface area contributed by atoms with Crippen LogP contribution >= 0.6 is 0 Å². The molecule has 2 N–H and O–H groups in total. The number of aliphatic hydroxyl groups excluding tert-OH is 2. The fourth-order valence-electron chi connectivity index (χ4n) is 3.89. The first-order valence-corrected chi connectivity index (χ1v) is 12.1. The minimum absolute atomic E-state index is 0.315. The summed E-state index contributed by atoms with van der Waals surface area (Å²) in [6, 6.07) is 0. The number of hydrogen-bond donors (Lipinski definition) is 2. The second-order valence-electron chi connectivity index (χ2n) is 8.76. The Morgan fingerprint density at radius 2 is 0.815 bits per heavy atom. The molecule has 0 spiro atoms. The van der Waals surface area contributed by atoms with Crippen LogP contribution in [0.15, 0.2) is 0 Å². The molecule has 0 aliphatic heterocycles. The highest BCUT2D eigenvalue weighted by molar-refractivity contribution is 4.64. The van der Waals surface area contributed by atoms with Crippen molar-refractivity contribution >= 4 is 0 Å². The van der Waals surface area contributed by atoms with Crippen molar-refractivity contribution in [2.75, 3.05) is 19.6 Å². The highest BCUT2D eigenvalue weighted by Gasteiger charge is 2.10. The Morgan fingerprint density at radius 3 is 1.11 bits per heavy atom. The molecular formula is C24H51NO2. The van der Waals surface area contributed by atoms with E-state index in [4.69, 9.17) is 0 Å². The molecule has 2 atom stereocenters. The van der Waals surface area contributed by atoms with Crippen molar-refractivity contribution in [2.24, 2.45) is 0 Å². The first-order chi connectivity index (χ1) is 13.1. The molecule has 3 heteroatoms. The minimum atomic E-state index is -0.315. The van der Waals surface area contributed by atoms with Gasteiger partial charge >= 0.3 is 0 Å². The first kappa shape index (κ1) is 26.9. The predicted octanol–water partition coefficient (Wildman–Crippen LogP) is 6.31. The van der Waals surface area contributed by atoms with Crippen LogP contribution in [0.3, 0.4) is 0 Å². The van der Waals surface area contributed by atoms with E-state index in [-0.39, 0.29) is 12.2 Å². The van der Waals surface area contributed by atoms with Crippen LogP contribution in [0.1, 0.15) is 124 Å². The Morgan fingerprint density at radius 1 is 0.519 bits per heavy atom. The van der Waals surface area contributed by atoms with Crippen molar-refractivity contribution in [3.8, 4) is 0 Å². The maximum absolute atomic E-state index is 9.55. The van der Waals surface area contributed by atoms with E-state index >= 15 is 0 Å². The van der Waals surface area contributed by atoms with Gasteiger partial charge in [-0.15, -0.1) is 0 Å². The van der Waals surface area contributed by atoms with Gasteiger partial charge in [0.05, 0.1) is 12.2 Å². The fraction of sp³-hybridized carbons (Fsp3) is 1.00. The first-order valence-electron chi connectivity index (χ1n) is 12.1. The van der Waals surface area contributed by atoms with Crippen LogP contribution in [0.2, 0.25) is 0 Å². The third kappa shape index (κ3) is 22.0. The lowest BCUT2D eigenvalue weighted by Gasteiger charge is -2.24. The second kappa shape index (κ2) is 20.6. The maximum atomic E-state index is 9.55. The van der Waals surface area contributed by atoms with Crippen molar-refractivity contribution in [1.82, 2.24) is 4.90 Å². The number of rotatable bonds is 21. The van der Waals surface area contributed by atoms with Crippen LogP contribution in [-0.2, 0) is 0 Å². The highest BCUT2D eigenvalue weighted by atomic mass is 16.3. The minimum Gasteiger partial charge on any atom is -0.392 e. The van der Waals surface area contributed by atoms with E-state index in [2.05, 4.69) is 11.8 Å². The van der Waals surface area contributed by atoms with Crippen LogP contribution in [0, 0.1) is 0 Å². The molecule has 0 aromatic heterocycles. The molecule has 0 heterocycles. The van der Waals surface area contributed by atoms with Gasteiger partial charge in [0.15, 0.2) is 0 Å². The zero-order chi connectivity index (χ0) is 20.2. The standard InChI is InChI=1S/C24H51NO2/c1-4-5-6-7-8-9-10-11-12-13-14-15-16-17-18-19-20-25(21-23(2)26)22-24(3)27/h23-24,26-27H,4-22H2,1-3H3. The van der Waals surface area contributed by atoms with Gasteiger partial charge < -0.3 is 10.2 Å². The normalized spacial score (nSPS) is 14.0. The fourth-order valence-corrected chi connectivity index (χ4v) is 3.89. The number of hydrogen-bond acceptors (Lipinski definition) is 3. The topological polar surface area (TPSA) is 43.7 Å². The smallest absolute Gasteiger partial charge is 0.0639 e. The predicted molar refractivity (Wildman–Crippen MR) is 119 cm³/mol. The van der Waals surface area contributed by atoms with Crippen LogP contribution in [0.4, 0.5) is 0 Å². The van der Waals surface area contributed by atoms with Crippen molar-refractivity contribution in [3.63, 3.8) is 0 Å². The molecule has 164 valence electrons. The van der Waals surface area contributed by atoms with E-state index in [0.717, 1.165) is 6.54 Å². The highest BCUT2D eigenvalue weighted by Crippen LogP contribution is 2.14. The van der Waals surface area contributed by atoms with Crippen LogP contribution < -0.4 is 0 Å². The van der Waals surface area contributed by atoms with Crippen LogP contribution in [-0.4, -0.2) is 47.0 Å². The van der Waals surface area contributed by atoms with Crippen LogP contribution in [0.25, 0.3) is 0 Å². The van der Waals surface area contributed by atoms with Crippen molar-refractivity contribution in [1.29, 1.82) is 0 Å². The summed E-state index contributed by atoms with van der Waals surface area (Å²) in [6.45, 7) is 8.26. The SMILES string of the molecule is CCCCCCCCCCCCCCCCCCN(CC(C)O)CC(C)O. The molecule has 3 nitrogen and oxygen atoms in total. The van der Waals surface area contributed by atoms with E-state index < -0.39 is 0 Å². The number of nitrogens with zero attached hydrogens (tertiary/aromatic N) is 1. The van der Waals surface area contributed by atoms with Gasteiger partial charge in [-0.05, 0) is 26.8 Å². The third-order valence-corrected chi connectivity index (χ3v) is 5.37. The van der Waals surface area contributed by atoms with Gasteiger partial charge in [-0.25, -0.2) is 0 Å². The lowest BCUT2D eigenvalue weighted by molar-refractivity contribution is 0.0825. The van der Waals surface area contributed by atoms with Gasteiger partial charge in [-0.2, -0.15) is 0 Å². The van der Waals surface area contributed by atoms with E-state index in [1.165, 1.54) is 103 Å². The molecular weight excluding hydrogens is 334 g/mol. The lowest BCUT2D eigenvalue weighted by atomic mass is 10.0. The summed E-state index contributed by atoms with van der Waals surface area (Å²) in [5, 5.41) is 19.1. The maximum Gasteiger partial charge on any atom is 0.0639 e. The van der Waals surface area contributed by atoms with Gasteiger partial charge in [-0.3, -0.25) is 4.90 Å². The Kier molecular flexibility index (Phi) is 20.5. The van der Waals surface area contributed by atoms with E-state index in [0.29, 0.717) is 13.1 Å². The average Bonchev–Trinajstić information content (AvgIpc) is 2.60. The summed E-state index contributed by atoms with van der Waals surface area (Å²) in [7, 11) is 0. The lowest BCUT2D eigenvalue weighted by Crippen LogP contribution is -2.36. The van der Waals surface area contributed by atoms with Gasteiger partial charge in [0.25, 0.3) is 0 Å². The van der Waals surface area contributed by atoms with Crippen LogP contribution in [0.5, 0.6) is 0 Å². The van der Waals surface area contributed by atoms with Gasteiger partial charge in [0.2, 0.25) is 0 Å². The van der Waals surface area contributed by atoms with Gasteiger partial charge in [0.1, 0.15) is 0 Å². The molecule has 0 radical (unpaired) electrons. The molecule has 0 fully saturated rings. The Labute approximate surface area is 170 Å². The van der Waals surface area contributed by atoms with Gasteiger partial charge in [-0.1, -0.05) is 103 Å². The molecule has 0 saturated carbocycles. The summed E-state index contributed by atoms with van der Waals surface area (Å²) in [4.78, 5) is 2.19. The summed E-state index contributed by atoms with van der Waals surface area (Å²) < 4.78 is 0. The zero-order valence-corrected chi connectivity index (χ0v) is 18.9. The molecule has 0 aliphatic rings. The monoisotopic (exact) mass is 385 g/mol. The number of aliphatic hydroxyl groups is 2. The Balaban J connectivity index is 3.30. The Hall–Kier alpha value is -0.120. The average molecular weight is 386 g/mol. The van der Waals surface area contributed by atoms with E-state index in [9.17, 15) is 10.2 Å². The molecule has 0 rings (SSSR count). The summed E-state index contributed by atoms with van der Waals surface area (Å²) in [5.41, 5.74) is 0. The largest absolute Gasteiger partial charge is 0.392 e. The van der Waals surface area contributed by atoms with Crippen molar-refractivity contribution < 1.29 is 10.2 Å². The molecule has 0 aromatic carbocycles. The summed E-state index contributed by atoms with van der Waals surface area (Å²) >= 11 is 0. The quantitative estimate of drug-likeness (QED) is 0.227. The number of unbranched alkanes of at least 4 members (excludes halogenated alkanes) is 15. The second-order valence-corrected chi connectivity index (χ2v) is 8.76. The summed E-state index contributed by atoms with van der Waals surface area (Å²) in [5.74, 6) is 0. The summed E-state index contributed by atoms with van der Waals surface area (Å²) in [6.07, 6.45) is 21.6. The van der Waals surface area contributed by atoms with Crippen molar-refractivity contribution in [3.05, 3.63) is 0 Å². The van der Waals surface area contributed by atoms with E-state index in [1.54, 1.807) is 0 Å². The van der Waals surface area contributed by atoms with Gasteiger partial charge in [0, 0.05) is 13.1 Å². The molecule has 0 aromatic rings. The van der Waals surface area contributed by atoms with E-state index in [1.807, 2.05) is 13.8 Å². The molecule has 0 bridgehead atoms. The molecule has 0 aliphatic carbocycles.